The lowest BCUT2D eigenvalue weighted by molar-refractivity contribution is -0.121. The van der Waals surface area contributed by atoms with Gasteiger partial charge in [0.05, 0.1) is 6.33 Å². The molecule has 1 rings (SSSR count). The van der Waals surface area contributed by atoms with Crippen LogP contribution in [0.1, 0.15) is 45.6 Å². The summed E-state index contributed by atoms with van der Waals surface area (Å²) in [6, 6.07) is 0.221. The summed E-state index contributed by atoms with van der Waals surface area (Å²) in [6.45, 7) is 4.83. The largest absolute Gasteiger partial charge is 0.356 e. The molecule has 0 aliphatic heterocycles. The van der Waals surface area contributed by atoms with Crippen LogP contribution in [0.3, 0.4) is 0 Å². The zero-order valence-corrected chi connectivity index (χ0v) is 11.3. The fourth-order valence-corrected chi connectivity index (χ4v) is 1.92. The van der Waals surface area contributed by atoms with Gasteiger partial charge in [-0.2, -0.15) is 0 Å². The van der Waals surface area contributed by atoms with Crippen molar-refractivity contribution < 1.29 is 4.79 Å². The fourth-order valence-electron chi connectivity index (χ4n) is 1.92. The molecule has 1 unspecified atom stereocenters. The van der Waals surface area contributed by atoms with Gasteiger partial charge in [-0.1, -0.05) is 25.5 Å². The minimum Gasteiger partial charge on any atom is -0.356 e. The van der Waals surface area contributed by atoms with Crippen LogP contribution >= 0.6 is 0 Å². The summed E-state index contributed by atoms with van der Waals surface area (Å²) in [5.41, 5.74) is 0. The van der Waals surface area contributed by atoms with E-state index in [1.165, 1.54) is 0 Å². The van der Waals surface area contributed by atoms with Crippen LogP contribution in [0, 0.1) is 0 Å². The summed E-state index contributed by atoms with van der Waals surface area (Å²) in [4.78, 5) is 15.9. The van der Waals surface area contributed by atoms with Crippen LogP contribution in [-0.2, 0) is 4.79 Å². The van der Waals surface area contributed by atoms with Crippen molar-refractivity contribution in [3.63, 3.8) is 0 Å². The zero-order valence-electron chi connectivity index (χ0n) is 11.3. The van der Waals surface area contributed by atoms with E-state index in [9.17, 15) is 4.79 Å². The molecule has 1 N–H and O–H groups in total. The number of allylic oxidation sites excluding steroid dienone is 1. The van der Waals surface area contributed by atoms with E-state index in [1.807, 2.05) is 23.8 Å². The van der Waals surface area contributed by atoms with E-state index in [-0.39, 0.29) is 11.9 Å². The highest BCUT2D eigenvalue weighted by atomic mass is 16.1. The van der Waals surface area contributed by atoms with Gasteiger partial charge in [0.1, 0.15) is 0 Å². The number of amides is 1. The van der Waals surface area contributed by atoms with Crippen LogP contribution in [-0.4, -0.2) is 22.0 Å². The molecule has 1 amide bonds. The van der Waals surface area contributed by atoms with Crippen LogP contribution < -0.4 is 5.32 Å². The Bertz CT molecular complexity index is 357. The van der Waals surface area contributed by atoms with E-state index in [2.05, 4.69) is 23.3 Å². The lowest BCUT2D eigenvalue weighted by Crippen LogP contribution is -2.27. The van der Waals surface area contributed by atoms with Crippen molar-refractivity contribution in [3.8, 4) is 0 Å². The first-order chi connectivity index (χ1) is 8.77. The first kappa shape index (κ1) is 14.5. The highest BCUT2D eigenvalue weighted by Gasteiger charge is 2.13. The summed E-state index contributed by atoms with van der Waals surface area (Å²) in [7, 11) is 0. The van der Waals surface area contributed by atoms with Crippen molar-refractivity contribution in [2.24, 2.45) is 0 Å². The molecule has 0 saturated heterocycles. The zero-order chi connectivity index (χ0) is 13.2. The number of imidazole rings is 1. The minimum atomic E-state index is 0.117. The van der Waals surface area contributed by atoms with E-state index >= 15 is 0 Å². The number of hydrogen-bond donors (Lipinski definition) is 1. The molecule has 0 radical (unpaired) electrons. The molecule has 1 atom stereocenters. The Labute approximate surface area is 109 Å². The van der Waals surface area contributed by atoms with Gasteiger partial charge < -0.3 is 9.88 Å². The van der Waals surface area contributed by atoms with Crippen molar-refractivity contribution in [2.75, 3.05) is 6.54 Å². The first-order valence-corrected chi connectivity index (χ1v) is 6.63. The number of hydrogen-bond acceptors (Lipinski definition) is 2. The summed E-state index contributed by atoms with van der Waals surface area (Å²) < 4.78 is 2.02. The molecule has 0 aromatic carbocycles. The third-order valence-electron chi connectivity index (χ3n) is 2.86. The quantitative estimate of drug-likeness (QED) is 0.569. The van der Waals surface area contributed by atoms with Crippen molar-refractivity contribution in [3.05, 3.63) is 30.9 Å². The van der Waals surface area contributed by atoms with Crippen molar-refractivity contribution in [2.45, 2.75) is 45.6 Å². The maximum atomic E-state index is 11.8. The lowest BCUT2D eigenvalue weighted by atomic mass is 10.1. The van der Waals surface area contributed by atoms with Gasteiger partial charge in [0.2, 0.25) is 5.91 Å². The maximum absolute atomic E-state index is 11.8. The molecule has 1 aromatic rings. The third-order valence-corrected chi connectivity index (χ3v) is 2.86. The molecule has 0 aliphatic rings. The summed E-state index contributed by atoms with van der Waals surface area (Å²) in [5, 5.41) is 2.94. The number of carbonyl (C=O) groups is 1. The predicted molar refractivity (Wildman–Crippen MR) is 73.2 cm³/mol. The molecule has 18 heavy (non-hydrogen) atoms. The van der Waals surface area contributed by atoms with E-state index in [1.54, 1.807) is 12.5 Å². The standard InChI is InChI=1S/C14H23N3O/c1-3-5-6-8-16-14(18)11-13(7-4-2)17-10-9-15-12-17/h3,5,9-10,12-13H,4,6-8,11H2,1-2H3,(H,16,18)/b5-3+. The Morgan fingerprint density at radius 1 is 1.56 bits per heavy atom. The van der Waals surface area contributed by atoms with Crippen molar-refractivity contribution >= 4 is 5.91 Å². The van der Waals surface area contributed by atoms with Crippen molar-refractivity contribution in [1.29, 1.82) is 0 Å². The average Bonchev–Trinajstić information content (AvgIpc) is 2.88. The molecule has 0 aliphatic carbocycles. The summed E-state index contributed by atoms with van der Waals surface area (Å²) in [6.07, 6.45) is 13.0. The average molecular weight is 249 g/mol. The fraction of sp³-hybridized carbons (Fsp3) is 0.571. The molecule has 4 heteroatoms. The Balaban J connectivity index is 2.39. The maximum Gasteiger partial charge on any atom is 0.222 e. The van der Waals surface area contributed by atoms with Crippen LogP contribution in [0.4, 0.5) is 0 Å². The smallest absolute Gasteiger partial charge is 0.222 e. The lowest BCUT2D eigenvalue weighted by Gasteiger charge is -2.17. The molecule has 0 fully saturated rings. The van der Waals surface area contributed by atoms with Crippen LogP contribution in [0.2, 0.25) is 0 Å². The summed E-state index contributed by atoms with van der Waals surface area (Å²) >= 11 is 0. The Morgan fingerprint density at radius 3 is 3.00 bits per heavy atom. The second kappa shape index (κ2) is 8.50. The number of rotatable bonds is 8. The van der Waals surface area contributed by atoms with Crippen LogP contribution in [0.25, 0.3) is 0 Å². The topological polar surface area (TPSA) is 46.9 Å². The predicted octanol–water partition coefficient (Wildman–Crippen LogP) is 2.70. The number of nitrogens with zero attached hydrogens (tertiary/aromatic N) is 2. The highest BCUT2D eigenvalue weighted by Crippen LogP contribution is 2.17. The molecule has 4 nitrogen and oxygen atoms in total. The normalized spacial score (nSPS) is 12.8. The summed E-state index contributed by atoms with van der Waals surface area (Å²) in [5.74, 6) is 0.117. The molecule has 0 saturated carbocycles. The molecule has 1 heterocycles. The van der Waals surface area contributed by atoms with Gasteiger partial charge in [-0.15, -0.1) is 0 Å². The first-order valence-electron chi connectivity index (χ1n) is 6.63. The molecular formula is C14H23N3O. The molecular weight excluding hydrogens is 226 g/mol. The van der Waals surface area contributed by atoms with Gasteiger partial charge in [0.25, 0.3) is 0 Å². The van der Waals surface area contributed by atoms with E-state index < -0.39 is 0 Å². The second-order valence-corrected chi connectivity index (χ2v) is 4.36. The van der Waals surface area contributed by atoms with Gasteiger partial charge in [-0.3, -0.25) is 4.79 Å². The SMILES string of the molecule is C/C=C/CCNC(=O)CC(CCC)n1ccnc1. The molecule has 0 bridgehead atoms. The second-order valence-electron chi connectivity index (χ2n) is 4.36. The highest BCUT2D eigenvalue weighted by molar-refractivity contribution is 5.76. The third kappa shape index (κ3) is 5.17. The van der Waals surface area contributed by atoms with Gasteiger partial charge in [-0.25, -0.2) is 4.98 Å². The number of aromatic nitrogens is 2. The molecule has 100 valence electrons. The van der Waals surface area contributed by atoms with Gasteiger partial charge in [0.15, 0.2) is 0 Å². The number of nitrogens with one attached hydrogen (secondary N) is 1. The van der Waals surface area contributed by atoms with E-state index in [0.29, 0.717) is 13.0 Å². The van der Waals surface area contributed by atoms with Gasteiger partial charge >= 0.3 is 0 Å². The molecule has 0 spiro atoms. The van der Waals surface area contributed by atoms with Crippen molar-refractivity contribution in [1.82, 2.24) is 14.9 Å². The Kier molecular flexibility index (Phi) is 6.84. The van der Waals surface area contributed by atoms with Crippen LogP contribution in [0.5, 0.6) is 0 Å². The van der Waals surface area contributed by atoms with E-state index in [0.717, 1.165) is 19.3 Å². The minimum absolute atomic E-state index is 0.117. The molecule has 1 aromatic heterocycles. The van der Waals surface area contributed by atoms with E-state index in [4.69, 9.17) is 0 Å². The van der Waals surface area contributed by atoms with Gasteiger partial charge in [-0.05, 0) is 19.8 Å². The van der Waals surface area contributed by atoms with Crippen LogP contribution in [0.15, 0.2) is 30.9 Å². The van der Waals surface area contributed by atoms with Gasteiger partial charge in [0, 0.05) is 31.4 Å². The monoisotopic (exact) mass is 249 g/mol. The Morgan fingerprint density at radius 2 is 2.39 bits per heavy atom. The number of carbonyl (C=O) groups excluding carboxylic acids is 1. The Hall–Kier alpha value is -1.58.